The average Bonchev–Trinajstić information content (AvgIpc) is 2.60. The lowest BCUT2D eigenvalue weighted by atomic mass is 10.1. The van der Waals surface area contributed by atoms with Crippen molar-refractivity contribution in [2.45, 2.75) is 13.8 Å². The predicted octanol–water partition coefficient (Wildman–Crippen LogP) is 3.55. The van der Waals surface area contributed by atoms with Crippen molar-refractivity contribution in [1.82, 2.24) is 5.32 Å². The summed E-state index contributed by atoms with van der Waals surface area (Å²) >= 11 is 17.8. The van der Waals surface area contributed by atoms with E-state index in [4.69, 9.17) is 39.5 Å². The van der Waals surface area contributed by atoms with Crippen LogP contribution < -0.4 is 15.2 Å². The second-order valence-electron chi connectivity index (χ2n) is 5.73. The first-order valence-electron chi connectivity index (χ1n) is 7.75. The van der Waals surface area contributed by atoms with E-state index in [1.807, 2.05) is 13.8 Å². The van der Waals surface area contributed by atoms with Gasteiger partial charge in [-0.25, -0.2) is 0 Å². The summed E-state index contributed by atoms with van der Waals surface area (Å²) in [7, 11) is 0. The van der Waals surface area contributed by atoms with Gasteiger partial charge in [-0.1, -0.05) is 40.9 Å². The van der Waals surface area contributed by atoms with Crippen molar-refractivity contribution in [2.24, 2.45) is 0 Å². The van der Waals surface area contributed by atoms with E-state index in [0.29, 0.717) is 21.4 Å². The third-order valence-corrected chi connectivity index (χ3v) is 4.86. The largest absolute Gasteiger partial charge is 0.543 e. The highest BCUT2D eigenvalue weighted by atomic mass is 35.5. The molecule has 0 aliphatic carbocycles. The predicted molar refractivity (Wildman–Crippen MR) is 104 cm³/mol. The molecule has 1 amide bonds. The number of aliphatic carboxylic acids is 1. The molecule has 27 heavy (non-hydrogen) atoms. The maximum absolute atomic E-state index is 12.0. The van der Waals surface area contributed by atoms with Crippen LogP contribution in [0.5, 0.6) is 5.75 Å². The summed E-state index contributed by atoms with van der Waals surface area (Å²) in [5.74, 6) is -1.75. The molecular formula is C19H15Cl3NO4-. The minimum Gasteiger partial charge on any atom is -0.543 e. The van der Waals surface area contributed by atoms with Crippen molar-refractivity contribution in [1.29, 1.82) is 0 Å². The summed E-state index contributed by atoms with van der Waals surface area (Å²) in [6, 6.07) is 7.91. The molecule has 0 bridgehead atoms. The Bertz CT molecular complexity index is 902. The number of carboxylic acids is 1. The summed E-state index contributed by atoms with van der Waals surface area (Å²) in [4.78, 5) is 23.3. The van der Waals surface area contributed by atoms with Crippen molar-refractivity contribution >= 4 is 52.8 Å². The number of carbonyl (C=O) groups is 2. The van der Waals surface area contributed by atoms with Gasteiger partial charge in [0, 0.05) is 5.02 Å². The fourth-order valence-electron chi connectivity index (χ4n) is 2.24. The number of halogens is 3. The van der Waals surface area contributed by atoms with Crippen LogP contribution in [0.3, 0.4) is 0 Å². The van der Waals surface area contributed by atoms with Crippen LogP contribution >= 0.6 is 34.8 Å². The lowest BCUT2D eigenvalue weighted by molar-refractivity contribution is -0.299. The standard InChI is InChI=1S/C19H16Cl3NO4/c1-10-5-13(6-11(2)18(10)22)27-9-17(24)23-16(19(25)26)8-12-3-4-14(20)15(21)7-12/h3-8H,9H2,1-2H3,(H,23,24)(H,25,26)/p-1/b16-8+. The SMILES string of the molecule is Cc1cc(OCC(=O)N/C(=C/c2ccc(Cl)c(Cl)c2)C(=O)[O-])cc(C)c1Cl. The quantitative estimate of drug-likeness (QED) is 0.715. The van der Waals surface area contributed by atoms with Gasteiger partial charge in [0.25, 0.3) is 5.91 Å². The zero-order valence-corrected chi connectivity index (χ0v) is 16.7. The van der Waals surface area contributed by atoms with Crippen molar-refractivity contribution in [2.75, 3.05) is 6.61 Å². The Hall–Kier alpha value is -2.21. The molecule has 0 aliphatic heterocycles. The first kappa shape index (κ1) is 21.1. The summed E-state index contributed by atoms with van der Waals surface area (Å²) in [5.41, 5.74) is 1.63. The number of benzene rings is 2. The van der Waals surface area contributed by atoms with Gasteiger partial charge >= 0.3 is 0 Å². The average molecular weight is 428 g/mol. The van der Waals surface area contributed by atoms with Gasteiger partial charge in [0.15, 0.2) is 6.61 Å². The molecule has 0 fully saturated rings. The van der Waals surface area contributed by atoms with Gasteiger partial charge in [-0.05, 0) is 60.9 Å². The number of carbonyl (C=O) groups excluding carboxylic acids is 2. The third kappa shape index (κ3) is 5.89. The van der Waals surface area contributed by atoms with E-state index in [2.05, 4.69) is 5.32 Å². The Morgan fingerprint density at radius 3 is 2.26 bits per heavy atom. The number of hydrogen-bond acceptors (Lipinski definition) is 4. The molecule has 142 valence electrons. The van der Waals surface area contributed by atoms with Gasteiger partial charge in [-0.3, -0.25) is 4.79 Å². The lowest BCUT2D eigenvalue weighted by Crippen LogP contribution is -2.37. The molecule has 0 saturated heterocycles. The van der Waals surface area contributed by atoms with E-state index in [1.165, 1.54) is 18.2 Å². The molecule has 5 nitrogen and oxygen atoms in total. The smallest absolute Gasteiger partial charge is 0.262 e. The number of amides is 1. The molecule has 0 unspecified atom stereocenters. The molecule has 0 aliphatic rings. The van der Waals surface area contributed by atoms with E-state index < -0.39 is 17.6 Å². The Labute approximate surface area is 171 Å². The minimum atomic E-state index is -1.55. The van der Waals surface area contributed by atoms with Gasteiger partial charge < -0.3 is 20.0 Å². The van der Waals surface area contributed by atoms with Crippen LogP contribution in [-0.2, 0) is 9.59 Å². The van der Waals surface area contributed by atoms with Gasteiger partial charge in [0.2, 0.25) is 0 Å². The Morgan fingerprint density at radius 2 is 1.70 bits per heavy atom. The summed E-state index contributed by atoms with van der Waals surface area (Å²) in [6.07, 6.45) is 1.21. The fraction of sp³-hybridized carbons (Fsp3) is 0.158. The Kier molecular flexibility index (Phi) is 7.13. The van der Waals surface area contributed by atoms with Crippen LogP contribution in [0.1, 0.15) is 16.7 Å². The molecule has 2 rings (SSSR count). The van der Waals surface area contributed by atoms with Crippen LogP contribution in [0.4, 0.5) is 0 Å². The monoisotopic (exact) mass is 426 g/mol. The van der Waals surface area contributed by atoms with Crippen LogP contribution in [-0.4, -0.2) is 18.5 Å². The van der Waals surface area contributed by atoms with Gasteiger partial charge in [-0.15, -0.1) is 0 Å². The van der Waals surface area contributed by atoms with E-state index >= 15 is 0 Å². The van der Waals surface area contributed by atoms with E-state index in [1.54, 1.807) is 18.2 Å². The number of carboxylic acid groups (broad SMARTS) is 1. The van der Waals surface area contributed by atoms with E-state index in [-0.39, 0.29) is 11.6 Å². The maximum atomic E-state index is 12.0. The number of nitrogens with one attached hydrogen (secondary N) is 1. The molecule has 0 aromatic heterocycles. The van der Waals surface area contributed by atoms with Gasteiger partial charge in [-0.2, -0.15) is 0 Å². The molecule has 0 spiro atoms. The van der Waals surface area contributed by atoms with Crippen molar-refractivity contribution < 1.29 is 19.4 Å². The zero-order valence-electron chi connectivity index (χ0n) is 14.4. The molecule has 0 saturated carbocycles. The van der Waals surface area contributed by atoms with Crippen LogP contribution in [0, 0.1) is 13.8 Å². The molecular weight excluding hydrogens is 413 g/mol. The summed E-state index contributed by atoms with van der Waals surface area (Å²) in [5, 5.41) is 14.7. The van der Waals surface area contributed by atoms with Crippen LogP contribution in [0.2, 0.25) is 15.1 Å². The van der Waals surface area contributed by atoms with Crippen LogP contribution in [0.15, 0.2) is 36.0 Å². The number of ether oxygens (including phenoxy) is 1. The first-order chi connectivity index (χ1) is 12.7. The number of rotatable bonds is 6. The summed E-state index contributed by atoms with van der Waals surface area (Å²) in [6.45, 7) is 3.25. The highest BCUT2D eigenvalue weighted by Gasteiger charge is 2.09. The Balaban J connectivity index is 2.08. The molecule has 1 N–H and O–H groups in total. The molecule has 2 aromatic carbocycles. The second kappa shape index (κ2) is 9.13. The normalized spacial score (nSPS) is 11.2. The second-order valence-corrected chi connectivity index (χ2v) is 6.92. The molecule has 0 atom stereocenters. The van der Waals surface area contributed by atoms with Crippen LogP contribution in [0.25, 0.3) is 6.08 Å². The fourth-order valence-corrected chi connectivity index (χ4v) is 2.66. The molecule has 2 aromatic rings. The van der Waals surface area contributed by atoms with Gasteiger partial charge in [0.05, 0.1) is 21.7 Å². The van der Waals surface area contributed by atoms with Crippen molar-refractivity contribution in [3.63, 3.8) is 0 Å². The summed E-state index contributed by atoms with van der Waals surface area (Å²) < 4.78 is 5.40. The van der Waals surface area contributed by atoms with Crippen molar-refractivity contribution in [3.05, 3.63) is 67.8 Å². The molecule has 0 radical (unpaired) electrons. The zero-order chi connectivity index (χ0) is 20.1. The molecule has 8 heteroatoms. The number of hydrogen-bond donors (Lipinski definition) is 1. The van der Waals surface area contributed by atoms with Crippen molar-refractivity contribution in [3.8, 4) is 5.75 Å². The minimum absolute atomic E-state index is 0.256. The maximum Gasteiger partial charge on any atom is 0.262 e. The Morgan fingerprint density at radius 1 is 1.07 bits per heavy atom. The molecule has 0 heterocycles. The lowest BCUT2D eigenvalue weighted by Gasteiger charge is -2.13. The van der Waals surface area contributed by atoms with E-state index in [9.17, 15) is 14.7 Å². The van der Waals surface area contributed by atoms with E-state index in [0.717, 1.165) is 11.1 Å². The van der Waals surface area contributed by atoms with Gasteiger partial charge in [0.1, 0.15) is 5.75 Å². The topological polar surface area (TPSA) is 78.5 Å². The first-order valence-corrected chi connectivity index (χ1v) is 8.88. The third-order valence-electron chi connectivity index (χ3n) is 3.53. The highest BCUT2D eigenvalue weighted by Crippen LogP contribution is 2.26. The highest BCUT2D eigenvalue weighted by molar-refractivity contribution is 6.42. The number of aryl methyl sites for hydroxylation is 2.